The molecule has 1 aliphatic heterocycles. The van der Waals surface area contributed by atoms with Crippen molar-refractivity contribution >= 4 is 28.7 Å². The van der Waals surface area contributed by atoms with Crippen molar-refractivity contribution in [3.8, 4) is 0 Å². The van der Waals surface area contributed by atoms with Crippen LogP contribution in [0.15, 0.2) is 48.8 Å². The number of aromatic nitrogens is 1. The molecule has 8 heteroatoms. The molecular formula is C17H20N5O2S+. The van der Waals surface area contributed by atoms with Crippen molar-refractivity contribution in [3.63, 3.8) is 0 Å². The molecule has 0 radical (unpaired) electrons. The number of rotatable bonds is 4. The molecule has 0 amide bonds. The number of non-ortho nitro benzene ring substituents is 1. The van der Waals surface area contributed by atoms with Crippen LogP contribution in [0.5, 0.6) is 0 Å². The average Bonchev–Trinajstić information content (AvgIpc) is 2.63. The van der Waals surface area contributed by atoms with Crippen LogP contribution in [0.25, 0.3) is 0 Å². The SMILES string of the molecule is O=[N+]([O-])c1ccc(NC(=S)N2CC[NH+](Cc3ccncc3)CC2)cc1. The van der Waals surface area contributed by atoms with Crippen LogP contribution < -0.4 is 10.2 Å². The van der Waals surface area contributed by atoms with Crippen molar-refractivity contribution in [1.29, 1.82) is 0 Å². The monoisotopic (exact) mass is 358 g/mol. The first-order valence-corrected chi connectivity index (χ1v) is 8.55. The zero-order valence-electron chi connectivity index (χ0n) is 13.7. The molecule has 2 N–H and O–H groups in total. The van der Waals surface area contributed by atoms with Gasteiger partial charge in [-0.15, -0.1) is 0 Å². The summed E-state index contributed by atoms with van der Waals surface area (Å²) in [6.45, 7) is 4.81. The maximum Gasteiger partial charge on any atom is 0.269 e. The fraction of sp³-hybridized carbons (Fsp3) is 0.294. The lowest BCUT2D eigenvalue weighted by molar-refractivity contribution is -0.917. The highest BCUT2D eigenvalue weighted by Crippen LogP contribution is 2.15. The Morgan fingerprint density at radius 3 is 2.44 bits per heavy atom. The van der Waals surface area contributed by atoms with E-state index < -0.39 is 4.92 Å². The van der Waals surface area contributed by atoms with E-state index in [0.29, 0.717) is 5.11 Å². The molecule has 1 aromatic carbocycles. The Hall–Kier alpha value is -2.58. The lowest BCUT2D eigenvalue weighted by Crippen LogP contribution is -3.13. The number of nitro groups is 1. The topological polar surface area (TPSA) is 75.7 Å². The van der Waals surface area contributed by atoms with Crippen LogP contribution >= 0.6 is 12.2 Å². The van der Waals surface area contributed by atoms with Gasteiger partial charge in [0.2, 0.25) is 0 Å². The van der Waals surface area contributed by atoms with Gasteiger partial charge in [0, 0.05) is 35.8 Å². The second-order valence-corrected chi connectivity index (χ2v) is 6.39. The lowest BCUT2D eigenvalue weighted by atomic mass is 10.2. The Kier molecular flexibility index (Phi) is 5.52. The molecule has 1 aromatic heterocycles. The first-order valence-electron chi connectivity index (χ1n) is 8.14. The average molecular weight is 358 g/mol. The normalized spacial score (nSPS) is 15.0. The van der Waals surface area contributed by atoms with Crippen LogP contribution in [0.3, 0.4) is 0 Å². The van der Waals surface area contributed by atoms with E-state index in [1.165, 1.54) is 22.6 Å². The maximum atomic E-state index is 10.7. The molecule has 1 saturated heterocycles. The summed E-state index contributed by atoms with van der Waals surface area (Å²) in [6.07, 6.45) is 3.66. The molecule has 2 aromatic rings. The molecule has 0 bridgehead atoms. The Balaban J connectivity index is 1.49. The first-order chi connectivity index (χ1) is 12.1. The molecular weight excluding hydrogens is 338 g/mol. The molecule has 0 saturated carbocycles. The van der Waals surface area contributed by atoms with Crippen molar-refractivity contribution in [2.75, 3.05) is 31.5 Å². The van der Waals surface area contributed by atoms with E-state index in [4.69, 9.17) is 12.2 Å². The number of piperazine rings is 1. The van der Waals surface area contributed by atoms with Crippen LogP contribution in [0.2, 0.25) is 0 Å². The zero-order valence-corrected chi connectivity index (χ0v) is 14.5. The largest absolute Gasteiger partial charge is 0.338 e. The standard InChI is InChI=1S/C17H19N5O2S/c23-22(24)16-3-1-15(2-4-16)19-17(25)21-11-9-20(10-12-21)13-14-5-7-18-8-6-14/h1-8H,9-13H2,(H,19,25)/p+1. The van der Waals surface area contributed by atoms with Gasteiger partial charge in [0.15, 0.2) is 5.11 Å². The molecule has 3 rings (SSSR count). The van der Waals surface area contributed by atoms with E-state index in [0.717, 1.165) is 38.4 Å². The van der Waals surface area contributed by atoms with Gasteiger partial charge in [-0.25, -0.2) is 0 Å². The van der Waals surface area contributed by atoms with Crippen molar-refractivity contribution < 1.29 is 9.82 Å². The van der Waals surface area contributed by atoms with E-state index in [-0.39, 0.29) is 5.69 Å². The smallest absolute Gasteiger partial charge is 0.269 e. The van der Waals surface area contributed by atoms with Crippen LogP contribution in [-0.2, 0) is 6.54 Å². The molecule has 25 heavy (non-hydrogen) atoms. The number of thiocarbonyl (C=S) groups is 1. The third kappa shape index (κ3) is 4.71. The van der Waals surface area contributed by atoms with Crippen molar-refractivity contribution in [1.82, 2.24) is 9.88 Å². The van der Waals surface area contributed by atoms with Crippen molar-refractivity contribution in [2.45, 2.75) is 6.54 Å². The van der Waals surface area contributed by atoms with Crippen LogP contribution in [0.1, 0.15) is 5.56 Å². The summed E-state index contributed by atoms with van der Waals surface area (Å²) in [7, 11) is 0. The highest BCUT2D eigenvalue weighted by molar-refractivity contribution is 7.80. The lowest BCUT2D eigenvalue weighted by Gasteiger charge is -2.33. The molecule has 0 spiro atoms. The minimum atomic E-state index is -0.410. The molecule has 130 valence electrons. The third-order valence-electron chi connectivity index (χ3n) is 4.29. The minimum absolute atomic E-state index is 0.0739. The summed E-state index contributed by atoms with van der Waals surface area (Å²) in [4.78, 5) is 18.0. The number of hydrogen-bond donors (Lipinski definition) is 2. The van der Waals surface area contributed by atoms with E-state index in [9.17, 15) is 10.1 Å². The van der Waals surface area contributed by atoms with Gasteiger partial charge < -0.3 is 15.1 Å². The fourth-order valence-electron chi connectivity index (χ4n) is 2.86. The predicted molar refractivity (Wildman–Crippen MR) is 99.5 cm³/mol. The quantitative estimate of drug-likeness (QED) is 0.484. The summed E-state index contributed by atoms with van der Waals surface area (Å²) < 4.78 is 0. The molecule has 2 heterocycles. The van der Waals surface area contributed by atoms with E-state index >= 15 is 0 Å². The Morgan fingerprint density at radius 1 is 1.20 bits per heavy atom. The number of hydrogen-bond acceptors (Lipinski definition) is 4. The number of nitro benzene ring substituents is 1. The first kappa shape index (κ1) is 17.2. The van der Waals surface area contributed by atoms with E-state index in [2.05, 4.69) is 27.3 Å². The van der Waals surface area contributed by atoms with E-state index in [1.54, 1.807) is 12.1 Å². The van der Waals surface area contributed by atoms with Crippen LogP contribution in [0, 0.1) is 10.1 Å². The molecule has 7 nitrogen and oxygen atoms in total. The number of pyridine rings is 1. The summed E-state index contributed by atoms with van der Waals surface area (Å²) in [5.41, 5.74) is 2.14. The van der Waals surface area contributed by atoms with Gasteiger partial charge in [-0.1, -0.05) is 0 Å². The molecule has 0 aliphatic carbocycles. The summed E-state index contributed by atoms with van der Waals surface area (Å²) in [6, 6.07) is 10.4. The Morgan fingerprint density at radius 2 is 1.84 bits per heavy atom. The maximum absolute atomic E-state index is 10.7. The predicted octanol–water partition coefficient (Wildman–Crippen LogP) is 1.09. The molecule has 1 aliphatic rings. The number of nitrogens with one attached hydrogen (secondary N) is 2. The summed E-state index contributed by atoms with van der Waals surface area (Å²) in [5.74, 6) is 0. The van der Waals surface area contributed by atoms with E-state index in [1.807, 2.05) is 12.4 Å². The Labute approximate surface area is 151 Å². The highest BCUT2D eigenvalue weighted by Gasteiger charge is 2.22. The highest BCUT2D eigenvalue weighted by atomic mass is 32.1. The van der Waals surface area contributed by atoms with Gasteiger partial charge in [-0.2, -0.15) is 0 Å². The fourth-order valence-corrected chi connectivity index (χ4v) is 3.16. The van der Waals surface area contributed by atoms with Gasteiger partial charge in [-0.3, -0.25) is 15.1 Å². The second-order valence-electron chi connectivity index (χ2n) is 6.00. The van der Waals surface area contributed by atoms with Crippen molar-refractivity contribution in [3.05, 3.63) is 64.5 Å². The van der Waals surface area contributed by atoms with Gasteiger partial charge >= 0.3 is 0 Å². The van der Waals surface area contributed by atoms with Crippen LogP contribution in [-0.4, -0.2) is 46.1 Å². The van der Waals surface area contributed by atoms with Gasteiger partial charge in [-0.05, 0) is 36.5 Å². The molecule has 0 unspecified atom stereocenters. The summed E-state index contributed by atoms with van der Waals surface area (Å²) in [5, 5.41) is 14.5. The van der Waals surface area contributed by atoms with Crippen LogP contribution in [0.4, 0.5) is 11.4 Å². The van der Waals surface area contributed by atoms with Gasteiger partial charge in [0.05, 0.1) is 31.1 Å². The van der Waals surface area contributed by atoms with Crippen molar-refractivity contribution in [2.24, 2.45) is 0 Å². The second kappa shape index (κ2) is 8.00. The van der Waals surface area contributed by atoms with Gasteiger partial charge in [0.1, 0.15) is 6.54 Å². The number of quaternary nitrogens is 1. The Bertz CT molecular complexity index is 730. The number of benzene rings is 1. The third-order valence-corrected chi connectivity index (χ3v) is 4.65. The molecule has 0 atom stereocenters. The number of nitrogens with zero attached hydrogens (tertiary/aromatic N) is 3. The molecule has 1 fully saturated rings. The minimum Gasteiger partial charge on any atom is -0.338 e. The summed E-state index contributed by atoms with van der Waals surface area (Å²) >= 11 is 5.47. The van der Waals surface area contributed by atoms with Gasteiger partial charge in [0.25, 0.3) is 5.69 Å². The zero-order chi connectivity index (χ0) is 17.6. The number of anilines is 1.